The summed E-state index contributed by atoms with van der Waals surface area (Å²) in [6.07, 6.45) is 0. The van der Waals surface area contributed by atoms with Crippen LogP contribution in [0.2, 0.25) is 0 Å². The lowest BCUT2D eigenvalue weighted by molar-refractivity contribution is 0.670. The van der Waals surface area contributed by atoms with Crippen LogP contribution in [0.15, 0.2) is 211 Å². The predicted octanol–water partition coefficient (Wildman–Crippen LogP) is 15.8. The van der Waals surface area contributed by atoms with Gasteiger partial charge >= 0.3 is 0 Å². The first kappa shape index (κ1) is 34.6. The van der Waals surface area contributed by atoms with Crippen molar-refractivity contribution in [2.45, 2.75) is 13.8 Å². The molecular weight excluding hydrogens is 717 g/mol. The lowest BCUT2D eigenvalue weighted by atomic mass is 9.90. The van der Waals surface area contributed by atoms with Gasteiger partial charge in [-0.15, -0.1) is 0 Å². The largest absolute Gasteiger partial charge is 0.455 e. The lowest BCUT2D eigenvalue weighted by Gasteiger charge is -2.30. The molecule has 0 aliphatic carbocycles. The lowest BCUT2D eigenvalue weighted by Crippen LogP contribution is -2.12. The minimum atomic E-state index is 0.864. The van der Waals surface area contributed by atoms with E-state index in [0.29, 0.717) is 0 Å². The third-order valence-corrected chi connectivity index (χ3v) is 11.8. The summed E-state index contributed by atoms with van der Waals surface area (Å²) in [4.78, 5) is 2.43. The smallest absolute Gasteiger partial charge is 0.145 e. The van der Waals surface area contributed by atoms with Crippen molar-refractivity contribution in [3.05, 3.63) is 217 Å². The molecule has 11 aromatic rings. The molecule has 0 saturated carbocycles. The molecule has 0 saturated heterocycles. The van der Waals surface area contributed by atoms with Gasteiger partial charge in [0.1, 0.15) is 11.2 Å². The third-order valence-electron chi connectivity index (χ3n) is 11.8. The van der Waals surface area contributed by atoms with Crippen molar-refractivity contribution in [3.8, 4) is 39.1 Å². The fourth-order valence-electron chi connectivity index (χ4n) is 9.17. The number of para-hydroxylation sites is 4. The summed E-state index contributed by atoms with van der Waals surface area (Å²) >= 11 is 0. The van der Waals surface area contributed by atoms with Crippen molar-refractivity contribution < 1.29 is 4.42 Å². The highest BCUT2D eigenvalue weighted by Crippen LogP contribution is 2.49. The van der Waals surface area contributed by atoms with Gasteiger partial charge in [-0.1, -0.05) is 146 Å². The molecule has 2 aromatic heterocycles. The van der Waals surface area contributed by atoms with E-state index in [1.807, 2.05) is 0 Å². The van der Waals surface area contributed by atoms with E-state index in [1.54, 1.807) is 0 Å². The Morgan fingerprint density at radius 2 is 1.00 bits per heavy atom. The Morgan fingerprint density at radius 3 is 1.69 bits per heavy atom. The first-order valence-corrected chi connectivity index (χ1v) is 20.3. The average molecular weight is 757 g/mol. The number of anilines is 3. The summed E-state index contributed by atoms with van der Waals surface area (Å²) in [6, 6.07) is 74.1. The number of rotatable bonds is 7. The van der Waals surface area contributed by atoms with E-state index in [1.165, 1.54) is 55.2 Å². The standard InChI is InChI=1S/C56H40N2O/c1-37-17-9-13-25-49(37)58(43-35-38(2)54(41-20-7-4-8-21-41)48(36-43)39-18-5-3-6-19-39)52-34-33-44(56-55(52)47-24-12-16-28-53(47)59-56)40-29-31-42(32-30-40)57-50-26-14-10-22-45(50)46-23-11-15-27-51(46)57/h3-36H,1-2H3. The zero-order chi connectivity index (χ0) is 39.5. The average Bonchev–Trinajstić information content (AvgIpc) is 3.85. The minimum absolute atomic E-state index is 0.864. The van der Waals surface area contributed by atoms with Crippen LogP contribution in [0.5, 0.6) is 0 Å². The molecule has 0 aliphatic heterocycles. The molecule has 0 radical (unpaired) electrons. The Hall–Kier alpha value is -7.62. The van der Waals surface area contributed by atoms with Gasteiger partial charge in [0.25, 0.3) is 0 Å². The first-order valence-electron chi connectivity index (χ1n) is 20.3. The van der Waals surface area contributed by atoms with Crippen LogP contribution in [0, 0.1) is 13.8 Å². The van der Waals surface area contributed by atoms with Crippen LogP contribution in [0.1, 0.15) is 11.1 Å². The highest BCUT2D eigenvalue weighted by Gasteiger charge is 2.25. The Labute approximate surface area is 343 Å². The van der Waals surface area contributed by atoms with Crippen LogP contribution >= 0.6 is 0 Å². The molecule has 0 fully saturated rings. The van der Waals surface area contributed by atoms with E-state index >= 15 is 0 Å². The maximum atomic E-state index is 6.91. The molecule has 280 valence electrons. The van der Waals surface area contributed by atoms with Crippen LogP contribution in [-0.4, -0.2) is 4.57 Å². The number of furan rings is 1. The second-order valence-corrected chi connectivity index (χ2v) is 15.4. The minimum Gasteiger partial charge on any atom is -0.455 e. The summed E-state index contributed by atoms with van der Waals surface area (Å²) in [5, 5.41) is 4.68. The number of aromatic nitrogens is 1. The molecule has 9 aromatic carbocycles. The van der Waals surface area contributed by atoms with Gasteiger partial charge in [-0.2, -0.15) is 0 Å². The van der Waals surface area contributed by atoms with Gasteiger partial charge in [0.05, 0.1) is 22.1 Å². The number of fused-ring (bicyclic) bond motifs is 6. The number of aryl methyl sites for hydroxylation is 2. The quantitative estimate of drug-likeness (QED) is 0.161. The fraction of sp³-hybridized carbons (Fsp3) is 0.0357. The molecule has 0 bridgehead atoms. The van der Waals surface area contributed by atoms with Crippen molar-refractivity contribution in [3.63, 3.8) is 0 Å². The molecule has 0 amide bonds. The zero-order valence-electron chi connectivity index (χ0n) is 32.9. The van der Waals surface area contributed by atoms with Crippen LogP contribution in [0.25, 0.3) is 82.8 Å². The van der Waals surface area contributed by atoms with Crippen LogP contribution < -0.4 is 4.90 Å². The van der Waals surface area contributed by atoms with Crippen molar-refractivity contribution in [2.24, 2.45) is 0 Å². The molecule has 3 nitrogen and oxygen atoms in total. The van der Waals surface area contributed by atoms with Gasteiger partial charge in [0.2, 0.25) is 0 Å². The second kappa shape index (κ2) is 14.1. The summed E-state index contributed by atoms with van der Waals surface area (Å²) in [6.45, 7) is 4.44. The van der Waals surface area contributed by atoms with Crippen LogP contribution in [0.4, 0.5) is 17.1 Å². The van der Waals surface area contributed by atoms with Crippen LogP contribution in [0.3, 0.4) is 0 Å². The van der Waals surface area contributed by atoms with E-state index in [9.17, 15) is 0 Å². The van der Waals surface area contributed by atoms with Crippen molar-refractivity contribution in [2.75, 3.05) is 4.90 Å². The van der Waals surface area contributed by atoms with E-state index in [0.717, 1.165) is 55.8 Å². The van der Waals surface area contributed by atoms with Gasteiger partial charge < -0.3 is 13.9 Å². The predicted molar refractivity (Wildman–Crippen MR) is 249 cm³/mol. The Morgan fingerprint density at radius 1 is 0.424 bits per heavy atom. The molecule has 0 atom stereocenters. The van der Waals surface area contributed by atoms with Crippen molar-refractivity contribution in [1.82, 2.24) is 4.57 Å². The topological polar surface area (TPSA) is 21.3 Å². The first-order chi connectivity index (χ1) is 29.1. The number of benzene rings is 9. The Balaban J connectivity index is 1.12. The second-order valence-electron chi connectivity index (χ2n) is 15.4. The highest BCUT2D eigenvalue weighted by atomic mass is 16.3. The monoisotopic (exact) mass is 756 g/mol. The molecular formula is C56H40N2O. The summed E-state index contributed by atoms with van der Waals surface area (Å²) in [5.74, 6) is 0. The fourth-order valence-corrected chi connectivity index (χ4v) is 9.17. The van der Waals surface area contributed by atoms with Gasteiger partial charge in [0.15, 0.2) is 0 Å². The van der Waals surface area contributed by atoms with E-state index < -0.39 is 0 Å². The maximum Gasteiger partial charge on any atom is 0.145 e. The van der Waals surface area contributed by atoms with E-state index in [4.69, 9.17) is 4.42 Å². The molecule has 0 unspecified atom stereocenters. The summed E-state index contributed by atoms with van der Waals surface area (Å²) in [5.41, 5.74) is 17.9. The van der Waals surface area contributed by atoms with Crippen molar-refractivity contribution in [1.29, 1.82) is 0 Å². The molecule has 0 N–H and O–H groups in total. The molecule has 11 rings (SSSR count). The van der Waals surface area contributed by atoms with Gasteiger partial charge in [-0.25, -0.2) is 0 Å². The molecule has 3 heteroatoms. The molecule has 0 spiro atoms. The van der Waals surface area contributed by atoms with E-state index in [-0.39, 0.29) is 0 Å². The normalized spacial score (nSPS) is 11.6. The van der Waals surface area contributed by atoms with Gasteiger partial charge in [-0.3, -0.25) is 0 Å². The summed E-state index contributed by atoms with van der Waals surface area (Å²) < 4.78 is 9.27. The summed E-state index contributed by atoms with van der Waals surface area (Å²) in [7, 11) is 0. The molecule has 2 heterocycles. The number of hydrogen-bond acceptors (Lipinski definition) is 2. The van der Waals surface area contributed by atoms with Crippen LogP contribution in [-0.2, 0) is 0 Å². The Kier molecular flexibility index (Phi) is 8.27. The molecule has 0 aliphatic rings. The Bertz CT molecular complexity index is 3280. The number of nitrogens with zero attached hydrogens (tertiary/aromatic N) is 2. The highest BCUT2D eigenvalue weighted by molar-refractivity contribution is 6.17. The molecule has 59 heavy (non-hydrogen) atoms. The van der Waals surface area contributed by atoms with Crippen molar-refractivity contribution >= 4 is 60.8 Å². The zero-order valence-corrected chi connectivity index (χ0v) is 32.9. The van der Waals surface area contributed by atoms with Gasteiger partial charge in [0, 0.05) is 38.8 Å². The SMILES string of the molecule is Cc1ccccc1N(c1cc(C)c(-c2ccccc2)c(-c2ccccc2)c1)c1ccc(-c2ccc(-n3c4ccccc4c4ccccc43)cc2)c2oc3ccccc3c12. The van der Waals surface area contributed by atoms with Gasteiger partial charge in [-0.05, 0) is 113 Å². The maximum absolute atomic E-state index is 6.91. The van der Waals surface area contributed by atoms with E-state index in [2.05, 4.69) is 230 Å². The number of hydrogen-bond donors (Lipinski definition) is 0. The third kappa shape index (κ3) is 5.74.